The van der Waals surface area contributed by atoms with Gasteiger partial charge < -0.3 is 10.4 Å². The predicted octanol–water partition coefficient (Wildman–Crippen LogP) is 4.16. The number of nitrogens with zero attached hydrogens (tertiary/aromatic N) is 2. The van der Waals surface area contributed by atoms with Crippen LogP contribution in [0, 0.1) is 10.1 Å². The number of aromatic hydroxyl groups is 1. The van der Waals surface area contributed by atoms with Gasteiger partial charge in [-0.25, -0.2) is 4.98 Å². The summed E-state index contributed by atoms with van der Waals surface area (Å²) in [5.41, 5.74) is 2.54. The second-order valence-corrected chi connectivity index (χ2v) is 5.68. The quantitative estimate of drug-likeness (QED) is 0.412. The number of aromatic nitrogens is 1. The molecule has 0 amide bonds. The molecule has 0 atom stereocenters. The summed E-state index contributed by atoms with van der Waals surface area (Å²) in [5.74, 6) is 0.157. The number of phenolic OH excluding ortho intramolecular Hbond substituents is 1. The Morgan fingerprint density at radius 2 is 1.92 bits per heavy atom. The average Bonchev–Trinajstić information content (AvgIpc) is 2.56. The molecule has 0 aliphatic heterocycles. The first-order valence-electron chi connectivity index (χ1n) is 7.29. The van der Waals surface area contributed by atoms with Gasteiger partial charge in [-0.3, -0.25) is 10.1 Å². The summed E-state index contributed by atoms with van der Waals surface area (Å²) >= 11 is 6.03. The maximum Gasteiger partial charge on any atom is 0.269 e. The molecule has 0 bridgehead atoms. The Bertz CT molecular complexity index is 897. The van der Waals surface area contributed by atoms with Crippen molar-refractivity contribution in [1.82, 2.24) is 4.98 Å². The molecule has 3 aromatic rings. The molecular formula is C17H14ClN3O3. The molecule has 0 radical (unpaired) electrons. The molecule has 0 saturated heterocycles. The average molecular weight is 344 g/mol. The number of nitro groups is 1. The number of pyridine rings is 1. The summed E-state index contributed by atoms with van der Waals surface area (Å²) in [5, 5.41) is 24.7. The molecule has 3 rings (SSSR count). The van der Waals surface area contributed by atoms with Gasteiger partial charge in [-0.2, -0.15) is 0 Å². The van der Waals surface area contributed by atoms with Gasteiger partial charge in [0.2, 0.25) is 0 Å². The van der Waals surface area contributed by atoms with Crippen LogP contribution in [0.5, 0.6) is 5.75 Å². The van der Waals surface area contributed by atoms with Crippen LogP contribution in [0.4, 0.5) is 11.4 Å². The topological polar surface area (TPSA) is 88.3 Å². The number of halogens is 1. The zero-order valence-electron chi connectivity index (χ0n) is 12.6. The fourth-order valence-corrected chi connectivity index (χ4v) is 2.65. The first-order valence-corrected chi connectivity index (χ1v) is 7.67. The second kappa shape index (κ2) is 6.72. The van der Waals surface area contributed by atoms with Gasteiger partial charge in [0.25, 0.3) is 5.69 Å². The smallest absolute Gasteiger partial charge is 0.269 e. The van der Waals surface area contributed by atoms with Crippen molar-refractivity contribution in [2.24, 2.45) is 0 Å². The van der Waals surface area contributed by atoms with Crippen LogP contribution in [0.25, 0.3) is 10.9 Å². The molecular weight excluding hydrogens is 330 g/mol. The maximum absolute atomic E-state index is 10.6. The molecule has 6 nitrogen and oxygen atoms in total. The highest BCUT2D eigenvalue weighted by Gasteiger charge is 2.07. The molecule has 2 N–H and O–H groups in total. The van der Waals surface area contributed by atoms with Gasteiger partial charge in [-0.15, -0.1) is 0 Å². The number of nitro benzene ring substituents is 1. The Balaban J connectivity index is 1.73. The van der Waals surface area contributed by atoms with E-state index in [0.717, 1.165) is 16.6 Å². The largest absolute Gasteiger partial charge is 0.508 e. The Kier molecular flexibility index (Phi) is 4.48. The standard InChI is InChI=1S/C17H14ClN3O3/c18-17-10-16(14-9-13(22)5-6-15(14)20-17)19-8-7-11-1-3-12(4-2-11)21(23)24/h1-6,9-10,22H,7-8H2,(H,19,20). The van der Waals surface area contributed by atoms with E-state index >= 15 is 0 Å². The fourth-order valence-electron chi connectivity index (χ4n) is 2.45. The molecule has 0 spiro atoms. The molecule has 24 heavy (non-hydrogen) atoms. The number of rotatable bonds is 5. The van der Waals surface area contributed by atoms with Crippen LogP contribution in [-0.4, -0.2) is 21.6 Å². The fraction of sp³-hybridized carbons (Fsp3) is 0.118. The summed E-state index contributed by atoms with van der Waals surface area (Å²) < 4.78 is 0. The third-order valence-electron chi connectivity index (χ3n) is 3.64. The molecule has 0 aliphatic carbocycles. The number of hydrogen-bond donors (Lipinski definition) is 2. The molecule has 0 unspecified atom stereocenters. The molecule has 1 heterocycles. The van der Waals surface area contributed by atoms with Gasteiger partial charge in [-0.1, -0.05) is 23.7 Å². The summed E-state index contributed by atoms with van der Waals surface area (Å²) in [6.07, 6.45) is 0.693. The number of anilines is 1. The summed E-state index contributed by atoms with van der Waals surface area (Å²) in [7, 11) is 0. The first kappa shape index (κ1) is 16.0. The number of fused-ring (bicyclic) bond motifs is 1. The van der Waals surface area contributed by atoms with Gasteiger partial charge in [0.15, 0.2) is 0 Å². The van der Waals surface area contributed by atoms with Crippen molar-refractivity contribution in [2.45, 2.75) is 6.42 Å². The van der Waals surface area contributed by atoms with Crippen molar-refractivity contribution >= 4 is 33.9 Å². The SMILES string of the molecule is O=[N+]([O-])c1ccc(CCNc2cc(Cl)nc3ccc(O)cc23)cc1. The molecule has 2 aromatic carbocycles. The third-order valence-corrected chi connectivity index (χ3v) is 3.83. The van der Waals surface area contributed by atoms with E-state index in [1.54, 1.807) is 36.4 Å². The normalized spacial score (nSPS) is 10.7. The van der Waals surface area contributed by atoms with Crippen molar-refractivity contribution < 1.29 is 10.0 Å². The molecule has 0 saturated carbocycles. The van der Waals surface area contributed by atoms with Crippen molar-refractivity contribution in [2.75, 3.05) is 11.9 Å². The highest BCUT2D eigenvalue weighted by atomic mass is 35.5. The highest BCUT2D eigenvalue weighted by molar-refractivity contribution is 6.30. The van der Waals surface area contributed by atoms with E-state index < -0.39 is 4.92 Å². The number of nitrogens with one attached hydrogen (secondary N) is 1. The second-order valence-electron chi connectivity index (χ2n) is 5.29. The van der Waals surface area contributed by atoms with Gasteiger partial charge in [0.05, 0.1) is 10.4 Å². The van der Waals surface area contributed by atoms with Gasteiger partial charge in [-0.05, 0) is 36.2 Å². The lowest BCUT2D eigenvalue weighted by Crippen LogP contribution is -2.05. The zero-order valence-corrected chi connectivity index (χ0v) is 13.3. The lowest BCUT2D eigenvalue weighted by Gasteiger charge is -2.10. The monoisotopic (exact) mass is 343 g/mol. The lowest BCUT2D eigenvalue weighted by atomic mass is 10.1. The number of benzene rings is 2. The molecule has 0 aliphatic rings. The van der Waals surface area contributed by atoms with Crippen LogP contribution in [-0.2, 0) is 6.42 Å². The number of hydrogen-bond acceptors (Lipinski definition) is 5. The summed E-state index contributed by atoms with van der Waals surface area (Å²) in [4.78, 5) is 14.5. The summed E-state index contributed by atoms with van der Waals surface area (Å²) in [6.45, 7) is 0.614. The predicted molar refractivity (Wildman–Crippen MR) is 93.7 cm³/mol. The lowest BCUT2D eigenvalue weighted by molar-refractivity contribution is -0.384. The van der Waals surface area contributed by atoms with Crippen LogP contribution in [0.2, 0.25) is 5.15 Å². The van der Waals surface area contributed by atoms with Crippen molar-refractivity contribution in [3.63, 3.8) is 0 Å². The highest BCUT2D eigenvalue weighted by Crippen LogP contribution is 2.28. The van der Waals surface area contributed by atoms with Crippen LogP contribution < -0.4 is 5.32 Å². The van der Waals surface area contributed by atoms with E-state index in [9.17, 15) is 15.2 Å². The molecule has 122 valence electrons. The van der Waals surface area contributed by atoms with Crippen molar-refractivity contribution in [3.8, 4) is 5.75 Å². The Labute approximate surface area is 142 Å². The Morgan fingerprint density at radius 3 is 2.62 bits per heavy atom. The van der Waals surface area contributed by atoms with Crippen LogP contribution in [0.15, 0.2) is 48.5 Å². The Hall–Kier alpha value is -2.86. The van der Waals surface area contributed by atoms with Crippen LogP contribution >= 0.6 is 11.6 Å². The third kappa shape index (κ3) is 3.55. The van der Waals surface area contributed by atoms with Crippen LogP contribution in [0.1, 0.15) is 5.56 Å². The minimum absolute atomic E-state index is 0.0779. The molecule has 7 heteroatoms. The van der Waals surface area contributed by atoms with Gasteiger partial charge in [0, 0.05) is 29.8 Å². The van der Waals surface area contributed by atoms with E-state index in [2.05, 4.69) is 10.3 Å². The minimum Gasteiger partial charge on any atom is -0.508 e. The maximum atomic E-state index is 10.6. The number of phenols is 1. The number of non-ortho nitro benzene ring substituents is 1. The molecule has 0 fully saturated rings. The van der Waals surface area contributed by atoms with Gasteiger partial charge in [0.1, 0.15) is 10.9 Å². The zero-order chi connectivity index (χ0) is 17.1. The first-order chi connectivity index (χ1) is 11.5. The van der Waals surface area contributed by atoms with Crippen molar-refractivity contribution in [1.29, 1.82) is 0 Å². The van der Waals surface area contributed by atoms with E-state index in [1.165, 1.54) is 12.1 Å². The summed E-state index contributed by atoms with van der Waals surface area (Å²) in [6, 6.07) is 13.1. The van der Waals surface area contributed by atoms with E-state index in [1.807, 2.05) is 0 Å². The van der Waals surface area contributed by atoms with E-state index in [-0.39, 0.29) is 11.4 Å². The van der Waals surface area contributed by atoms with E-state index in [4.69, 9.17) is 11.6 Å². The van der Waals surface area contributed by atoms with E-state index in [0.29, 0.717) is 23.6 Å². The van der Waals surface area contributed by atoms with Crippen LogP contribution in [0.3, 0.4) is 0 Å². The Morgan fingerprint density at radius 1 is 1.17 bits per heavy atom. The van der Waals surface area contributed by atoms with Crippen molar-refractivity contribution in [3.05, 3.63) is 69.4 Å². The van der Waals surface area contributed by atoms with Gasteiger partial charge >= 0.3 is 0 Å². The minimum atomic E-state index is -0.417. The molecule has 1 aromatic heterocycles.